The quantitative estimate of drug-likeness (QED) is 0.845. The van der Waals surface area contributed by atoms with Gasteiger partial charge in [0.25, 0.3) is 0 Å². The van der Waals surface area contributed by atoms with Gasteiger partial charge in [-0.25, -0.2) is 0 Å². The highest BCUT2D eigenvalue weighted by atomic mass is 16.5. The molecule has 1 amide bonds. The molecule has 2 N–H and O–H groups in total. The normalized spacial score (nSPS) is 19.0. The number of nitrogens with one attached hydrogen (secondary N) is 1. The highest BCUT2D eigenvalue weighted by Crippen LogP contribution is 2.25. The molecule has 1 aromatic rings. The second kappa shape index (κ2) is 8.15. The summed E-state index contributed by atoms with van der Waals surface area (Å²) >= 11 is 0. The number of hydrogen-bond donors (Lipinski definition) is 2. The lowest BCUT2D eigenvalue weighted by Crippen LogP contribution is -2.44. The number of anilines is 1. The Balaban J connectivity index is 1.98. The fraction of sp³-hybridized carbons (Fsp3) is 0.588. The molecule has 1 unspecified atom stereocenters. The molecule has 0 spiro atoms. The second-order valence-corrected chi connectivity index (χ2v) is 5.88. The largest absolute Gasteiger partial charge is 0.495 e. The van der Waals surface area contributed by atoms with Gasteiger partial charge in [0.2, 0.25) is 5.91 Å². The zero-order chi connectivity index (χ0) is 15.9. The zero-order valence-corrected chi connectivity index (χ0v) is 13.5. The number of aryl methyl sites for hydroxylation is 1. The van der Waals surface area contributed by atoms with E-state index in [0.717, 1.165) is 31.4 Å². The molecule has 0 radical (unpaired) electrons. The second-order valence-electron chi connectivity index (χ2n) is 5.88. The molecule has 0 saturated carbocycles. The average molecular weight is 306 g/mol. The van der Waals surface area contributed by atoms with E-state index in [-0.39, 0.29) is 12.5 Å². The summed E-state index contributed by atoms with van der Waals surface area (Å²) in [6.07, 6.45) is 4.08. The third-order valence-corrected chi connectivity index (χ3v) is 4.19. The van der Waals surface area contributed by atoms with E-state index >= 15 is 0 Å². The molecule has 1 atom stereocenters. The van der Waals surface area contributed by atoms with Gasteiger partial charge in [-0.2, -0.15) is 0 Å². The minimum Gasteiger partial charge on any atom is -0.495 e. The molecule has 1 saturated heterocycles. The first-order valence-electron chi connectivity index (χ1n) is 7.93. The van der Waals surface area contributed by atoms with Crippen LogP contribution in [0, 0.1) is 6.92 Å². The fourth-order valence-corrected chi connectivity index (χ4v) is 3.04. The molecule has 1 fully saturated rings. The van der Waals surface area contributed by atoms with Crippen molar-refractivity contribution in [3.8, 4) is 5.75 Å². The van der Waals surface area contributed by atoms with Crippen LogP contribution in [0.2, 0.25) is 0 Å². The number of amides is 1. The number of carbonyl (C=O) groups excluding carboxylic acids is 1. The molecule has 0 aliphatic carbocycles. The van der Waals surface area contributed by atoms with Crippen LogP contribution < -0.4 is 10.1 Å². The Hall–Kier alpha value is -1.59. The van der Waals surface area contributed by atoms with Gasteiger partial charge in [-0.3, -0.25) is 9.69 Å². The summed E-state index contributed by atoms with van der Waals surface area (Å²) in [7, 11) is 1.60. The van der Waals surface area contributed by atoms with Crippen LogP contribution in [0.15, 0.2) is 18.2 Å². The molecular formula is C17H26N2O3. The van der Waals surface area contributed by atoms with E-state index in [1.807, 2.05) is 25.1 Å². The topological polar surface area (TPSA) is 61.8 Å². The van der Waals surface area contributed by atoms with Crippen LogP contribution in [0.3, 0.4) is 0 Å². The maximum atomic E-state index is 12.3. The highest BCUT2D eigenvalue weighted by molar-refractivity contribution is 5.93. The van der Waals surface area contributed by atoms with Gasteiger partial charge < -0.3 is 15.2 Å². The number of carbonyl (C=O) groups is 1. The summed E-state index contributed by atoms with van der Waals surface area (Å²) in [4.78, 5) is 14.5. The predicted molar refractivity (Wildman–Crippen MR) is 87.3 cm³/mol. The highest BCUT2D eigenvalue weighted by Gasteiger charge is 2.24. The van der Waals surface area contributed by atoms with E-state index in [0.29, 0.717) is 24.0 Å². The number of nitrogens with zero attached hydrogens (tertiary/aromatic N) is 1. The Labute approximate surface area is 132 Å². The summed E-state index contributed by atoms with van der Waals surface area (Å²) < 4.78 is 5.29. The summed E-state index contributed by atoms with van der Waals surface area (Å²) in [5.41, 5.74) is 1.79. The van der Waals surface area contributed by atoms with Crippen molar-refractivity contribution in [1.29, 1.82) is 0 Å². The van der Waals surface area contributed by atoms with Gasteiger partial charge in [0, 0.05) is 12.6 Å². The van der Waals surface area contributed by atoms with Crippen molar-refractivity contribution in [3.63, 3.8) is 0 Å². The average Bonchev–Trinajstić information content (AvgIpc) is 2.50. The maximum Gasteiger partial charge on any atom is 0.238 e. The van der Waals surface area contributed by atoms with Crippen LogP contribution in [-0.4, -0.2) is 48.8 Å². The Morgan fingerprint density at radius 1 is 1.45 bits per heavy atom. The number of benzene rings is 1. The van der Waals surface area contributed by atoms with E-state index in [9.17, 15) is 4.79 Å². The molecule has 1 aromatic carbocycles. The zero-order valence-electron chi connectivity index (χ0n) is 13.5. The number of methoxy groups -OCH3 is 1. The first-order valence-corrected chi connectivity index (χ1v) is 7.93. The van der Waals surface area contributed by atoms with Crippen LogP contribution in [0.25, 0.3) is 0 Å². The van der Waals surface area contributed by atoms with E-state index in [4.69, 9.17) is 9.84 Å². The van der Waals surface area contributed by atoms with Crippen LogP contribution in [-0.2, 0) is 4.79 Å². The predicted octanol–water partition coefficient (Wildman–Crippen LogP) is 2.18. The smallest absolute Gasteiger partial charge is 0.238 e. The number of ether oxygens (including phenoxy) is 1. The molecule has 122 valence electrons. The maximum absolute atomic E-state index is 12.3. The molecule has 1 aliphatic heterocycles. The van der Waals surface area contributed by atoms with E-state index in [1.165, 1.54) is 6.42 Å². The Morgan fingerprint density at radius 2 is 2.27 bits per heavy atom. The van der Waals surface area contributed by atoms with Gasteiger partial charge in [-0.1, -0.05) is 12.5 Å². The number of likely N-dealkylation sites (tertiary alicyclic amines) is 1. The summed E-state index contributed by atoms with van der Waals surface area (Å²) in [5.74, 6) is 0.637. The van der Waals surface area contributed by atoms with E-state index in [1.54, 1.807) is 7.11 Å². The van der Waals surface area contributed by atoms with Crippen molar-refractivity contribution < 1.29 is 14.6 Å². The number of aliphatic hydroxyl groups is 1. The summed E-state index contributed by atoms with van der Waals surface area (Å²) in [6.45, 7) is 3.44. The van der Waals surface area contributed by atoms with Crippen molar-refractivity contribution in [2.24, 2.45) is 0 Å². The van der Waals surface area contributed by atoms with Crippen molar-refractivity contribution in [1.82, 2.24) is 4.90 Å². The first kappa shape index (κ1) is 16.8. The number of aliphatic hydroxyl groups excluding tert-OH is 1. The number of piperidine rings is 1. The number of hydrogen-bond acceptors (Lipinski definition) is 4. The Morgan fingerprint density at radius 3 is 3.00 bits per heavy atom. The Bertz CT molecular complexity index is 503. The standard InChI is InChI=1S/C17H26N2O3/c1-13-6-7-16(22-2)15(11-13)18-17(21)12-19-9-4-3-5-14(19)8-10-20/h6-7,11,14,20H,3-5,8-10,12H2,1-2H3,(H,18,21). The number of rotatable bonds is 6. The van der Waals surface area contributed by atoms with Crippen LogP contribution >= 0.6 is 0 Å². The lowest BCUT2D eigenvalue weighted by molar-refractivity contribution is -0.118. The van der Waals surface area contributed by atoms with Gasteiger partial charge in [0.05, 0.1) is 19.3 Å². The summed E-state index contributed by atoms with van der Waals surface area (Å²) in [6, 6.07) is 6.04. The Kier molecular flexibility index (Phi) is 6.21. The summed E-state index contributed by atoms with van der Waals surface area (Å²) in [5, 5.41) is 12.1. The van der Waals surface area contributed by atoms with Gasteiger partial charge >= 0.3 is 0 Å². The first-order chi connectivity index (χ1) is 10.6. The molecule has 22 heavy (non-hydrogen) atoms. The molecular weight excluding hydrogens is 280 g/mol. The molecule has 5 nitrogen and oxygen atoms in total. The van der Waals surface area contributed by atoms with Crippen molar-refractivity contribution in [2.45, 2.75) is 38.6 Å². The van der Waals surface area contributed by atoms with E-state index in [2.05, 4.69) is 10.2 Å². The molecule has 0 bridgehead atoms. The van der Waals surface area contributed by atoms with Crippen molar-refractivity contribution in [2.75, 3.05) is 32.1 Å². The van der Waals surface area contributed by atoms with Gasteiger partial charge in [-0.15, -0.1) is 0 Å². The van der Waals surface area contributed by atoms with Crippen molar-refractivity contribution in [3.05, 3.63) is 23.8 Å². The van der Waals surface area contributed by atoms with E-state index < -0.39 is 0 Å². The van der Waals surface area contributed by atoms with Gasteiger partial charge in [0.1, 0.15) is 5.75 Å². The van der Waals surface area contributed by atoms with Crippen LogP contribution in [0.1, 0.15) is 31.2 Å². The monoisotopic (exact) mass is 306 g/mol. The lowest BCUT2D eigenvalue weighted by Gasteiger charge is -2.34. The third-order valence-electron chi connectivity index (χ3n) is 4.19. The third kappa shape index (κ3) is 4.45. The van der Waals surface area contributed by atoms with Gasteiger partial charge in [0.15, 0.2) is 0 Å². The van der Waals surface area contributed by atoms with Gasteiger partial charge in [-0.05, 0) is 50.4 Å². The SMILES string of the molecule is COc1ccc(C)cc1NC(=O)CN1CCCCC1CCO. The minimum absolute atomic E-state index is 0.0336. The molecule has 0 aromatic heterocycles. The molecule has 1 aliphatic rings. The lowest BCUT2D eigenvalue weighted by atomic mass is 9.99. The van der Waals surface area contributed by atoms with Crippen molar-refractivity contribution >= 4 is 11.6 Å². The molecule has 5 heteroatoms. The molecule has 1 heterocycles. The fourth-order valence-electron chi connectivity index (χ4n) is 3.04. The minimum atomic E-state index is -0.0336. The van der Waals surface area contributed by atoms with Crippen LogP contribution in [0.4, 0.5) is 5.69 Å². The molecule has 2 rings (SSSR count). The van der Waals surface area contributed by atoms with Crippen LogP contribution in [0.5, 0.6) is 5.75 Å².